The predicted octanol–water partition coefficient (Wildman–Crippen LogP) is 5.49. The van der Waals surface area contributed by atoms with Gasteiger partial charge in [-0.25, -0.2) is 14.0 Å². The van der Waals surface area contributed by atoms with Crippen LogP contribution in [0, 0.1) is 12.7 Å². The number of hydrogen-bond donors (Lipinski definition) is 2. The zero-order chi connectivity index (χ0) is 20.1. The van der Waals surface area contributed by atoms with E-state index in [9.17, 15) is 14.0 Å². The molecule has 1 aromatic heterocycles. The lowest BCUT2D eigenvalue weighted by atomic mass is 9.96. The second kappa shape index (κ2) is 9.19. The topological polar surface area (TPSA) is 67.4 Å². The van der Waals surface area contributed by atoms with E-state index < -0.39 is 5.97 Å². The second-order valence-electron chi connectivity index (χ2n) is 6.90. The van der Waals surface area contributed by atoms with Crippen LogP contribution in [0.4, 0.5) is 14.2 Å². The molecule has 28 heavy (non-hydrogen) atoms. The average molecular weight is 405 g/mol. The molecule has 1 saturated carbocycles. The van der Waals surface area contributed by atoms with Gasteiger partial charge in [0.05, 0.1) is 6.61 Å². The van der Waals surface area contributed by atoms with Crippen molar-refractivity contribution in [2.24, 2.45) is 0 Å². The van der Waals surface area contributed by atoms with Crippen molar-refractivity contribution in [3.8, 4) is 11.1 Å². The van der Waals surface area contributed by atoms with Crippen molar-refractivity contribution in [2.45, 2.75) is 52.0 Å². The van der Waals surface area contributed by atoms with Gasteiger partial charge in [0.2, 0.25) is 0 Å². The molecule has 1 heterocycles. The number of hydrogen-bond acceptors (Lipinski definition) is 4. The Kier molecular flexibility index (Phi) is 6.67. The number of ether oxygens (including phenoxy) is 1. The van der Waals surface area contributed by atoms with Gasteiger partial charge >= 0.3 is 12.0 Å². The SMILES string of the molecule is CCOC(=O)c1c(NC(=O)NC2CCCCC2)sc(C)c1-c1ccc(F)cc1. The first kappa shape index (κ1) is 20.3. The summed E-state index contributed by atoms with van der Waals surface area (Å²) in [5, 5.41) is 6.28. The van der Waals surface area contributed by atoms with E-state index in [4.69, 9.17) is 4.74 Å². The maximum atomic E-state index is 13.3. The summed E-state index contributed by atoms with van der Waals surface area (Å²) >= 11 is 1.32. The van der Waals surface area contributed by atoms with Crippen molar-refractivity contribution in [2.75, 3.05) is 11.9 Å². The molecule has 1 aliphatic carbocycles. The molecule has 0 spiro atoms. The molecule has 1 aromatic carbocycles. The second-order valence-corrected chi connectivity index (χ2v) is 8.12. The summed E-state index contributed by atoms with van der Waals surface area (Å²) in [6.07, 6.45) is 5.39. The Labute approximate surface area is 168 Å². The summed E-state index contributed by atoms with van der Waals surface area (Å²) in [5.74, 6) is -0.848. The molecule has 0 saturated heterocycles. The highest BCUT2D eigenvalue weighted by Gasteiger charge is 2.26. The first-order chi connectivity index (χ1) is 13.5. The molecule has 0 radical (unpaired) electrons. The Morgan fingerprint density at radius 3 is 2.50 bits per heavy atom. The van der Waals surface area contributed by atoms with Crippen LogP contribution in [0.15, 0.2) is 24.3 Å². The van der Waals surface area contributed by atoms with Gasteiger partial charge in [-0.1, -0.05) is 31.4 Å². The highest BCUT2D eigenvalue weighted by Crippen LogP contribution is 2.40. The maximum Gasteiger partial charge on any atom is 0.341 e. The molecule has 1 fully saturated rings. The molecule has 0 aliphatic heterocycles. The van der Waals surface area contributed by atoms with Gasteiger partial charge in [0.25, 0.3) is 0 Å². The molecule has 7 heteroatoms. The fourth-order valence-corrected chi connectivity index (χ4v) is 4.63. The molecule has 5 nitrogen and oxygen atoms in total. The summed E-state index contributed by atoms with van der Waals surface area (Å²) in [6, 6.07) is 5.80. The van der Waals surface area contributed by atoms with Crippen LogP contribution in [0.25, 0.3) is 11.1 Å². The van der Waals surface area contributed by atoms with Gasteiger partial charge in [0.1, 0.15) is 16.4 Å². The number of urea groups is 1. The fraction of sp³-hybridized carbons (Fsp3) is 0.429. The van der Waals surface area contributed by atoms with Crippen LogP contribution in [0.1, 0.15) is 54.3 Å². The van der Waals surface area contributed by atoms with E-state index in [0.717, 1.165) is 30.6 Å². The van der Waals surface area contributed by atoms with Crippen LogP contribution < -0.4 is 10.6 Å². The van der Waals surface area contributed by atoms with E-state index in [2.05, 4.69) is 10.6 Å². The van der Waals surface area contributed by atoms with Crippen LogP contribution in [0.2, 0.25) is 0 Å². The average Bonchev–Trinajstić information content (AvgIpc) is 2.99. The van der Waals surface area contributed by atoms with Crippen LogP contribution >= 0.6 is 11.3 Å². The third-order valence-electron chi connectivity index (χ3n) is 4.86. The highest BCUT2D eigenvalue weighted by atomic mass is 32.1. The number of amides is 2. The van der Waals surface area contributed by atoms with Crippen molar-refractivity contribution in [3.63, 3.8) is 0 Å². The number of anilines is 1. The van der Waals surface area contributed by atoms with E-state index in [1.165, 1.54) is 29.9 Å². The minimum absolute atomic E-state index is 0.164. The number of carbonyl (C=O) groups is 2. The summed E-state index contributed by atoms with van der Waals surface area (Å²) in [6.45, 7) is 3.83. The molecule has 2 N–H and O–H groups in total. The molecule has 0 unspecified atom stereocenters. The van der Waals surface area contributed by atoms with Crippen LogP contribution in [0.5, 0.6) is 0 Å². The van der Waals surface area contributed by atoms with Crippen LogP contribution in [-0.2, 0) is 4.74 Å². The lowest BCUT2D eigenvalue weighted by Gasteiger charge is -2.22. The van der Waals surface area contributed by atoms with Crippen molar-refractivity contribution < 1.29 is 18.7 Å². The molecular formula is C21H25FN2O3S. The molecule has 3 rings (SSSR count). The Hall–Kier alpha value is -2.41. The number of thiophene rings is 1. The monoisotopic (exact) mass is 404 g/mol. The molecular weight excluding hydrogens is 379 g/mol. The highest BCUT2D eigenvalue weighted by molar-refractivity contribution is 7.17. The number of aryl methyl sites for hydroxylation is 1. The van der Waals surface area contributed by atoms with Gasteiger partial charge in [-0.2, -0.15) is 0 Å². The van der Waals surface area contributed by atoms with E-state index >= 15 is 0 Å². The predicted molar refractivity (Wildman–Crippen MR) is 109 cm³/mol. The number of carbonyl (C=O) groups excluding carboxylic acids is 2. The Morgan fingerprint density at radius 2 is 1.86 bits per heavy atom. The molecule has 0 bridgehead atoms. The Bertz CT molecular complexity index is 842. The van der Waals surface area contributed by atoms with Gasteiger partial charge in [-0.05, 0) is 44.4 Å². The Balaban J connectivity index is 1.89. The maximum absolute atomic E-state index is 13.3. The fourth-order valence-electron chi connectivity index (χ4n) is 3.57. The molecule has 0 atom stereocenters. The van der Waals surface area contributed by atoms with Crippen molar-refractivity contribution in [1.29, 1.82) is 0 Å². The lowest BCUT2D eigenvalue weighted by molar-refractivity contribution is 0.0529. The zero-order valence-corrected chi connectivity index (χ0v) is 17.0. The van der Waals surface area contributed by atoms with Gasteiger partial charge in [-0.15, -0.1) is 11.3 Å². The van der Waals surface area contributed by atoms with Gasteiger partial charge < -0.3 is 10.1 Å². The number of benzene rings is 1. The zero-order valence-electron chi connectivity index (χ0n) is 16.1. The molecule has 150 valence electrons. The lowest BCUT2D eigenvalue weighted by Crippen LogP contribution is -2.39. The van der Waals surface area contributed by atoms with Crippen LogP contribution in [0.3, 0.4) is 0 Å². The normalized spacial score (nSPS) is 14.5. The number of nitrogens with one attached hydrogen (secondary N) is 2. The minimum atomic E-state index is -0.501. The third kappa shape index (κ3) is 4.70. The summed E-state index contributed by atoms with van der Waals surface area (Å²) in [5.41, 5.74) is 1.69. The number of esters is 1. The smallest absolute Gasteiger partial charge is 0.341 e. The van der Waals surface area contributed by atoms with E-state index in [1.807, 2.05) is 6.92 Å². The molecule has 1 aliphatic rings. The van der Waals surface area contributed by atoms with E-state index in [-0.39, 0.29) is 24.5 Å². The number of halogens is 1. The van der Waals surface area contributed by atoms with Gasteiger partial charge in [0, 0.05) is 16.5 Å². The summed E-state index contributed by atoms with van der Waals surface area (Å²) in [4.78, 5) is 26.0. The first-order valence-corrected chi connectivity index (χ1v) is 10.4. The van der Waals surface area contributed by atoms with Crippen molar-refractivity contribution in [3.05, 3.63) is 40.5 Å². The summed E-state index contributed by atoms with van der Waals surface area (Å²) in [7, 11) is 0. The van der Waals surface area contributed by atoms with Gasteiger partial charge in [-0.3, -0.25) is 5.32 Å². The summed E-state index contributed by atoms with van der Waals surface area (Å²) < 4.78 is 18.5. The third-order valence-corrected chi connectivity index (χ3v) is 5.88. The number of rotatable bonds is 5. The largest absolute Gasteiger partial charge is 0.462 e. The van der Waals surface area contributed by atoms with Gasteiger partial charge in [0.15, 0.2) is 0 Å². The Morgan fingerprint density at radius 1 is 1.18 bits per heavy atom. The van der Waals surface area contributed by atoms with Crippen molar-refractivity contribution in [1.82, 2.24) is 5.32 Å². The van der Waals surface area contributed by atoms with E-state index in [1.54, 1.807) is 19.1 Å². The first-order valence-electron chi connectivity index (χ1n) is 9.63. The molecule has 2 amide bonds. The van der Waals surface area contributed by atoms with Crippen molar-refractivity contribution >= 4 is 28.3 Å². The standard InChI is InChI=1S/C21H25FN2O3S/c1-3-27-20(25)18-17(14-9-11-15(22)12-10-14)13(2)28-19(18)24-21(26)23-16-7-5-4-6-8-16/h9-12,16H,3-8H2,1-2H3,(H2,23,24,26). The van der Waals surface area contributed by atoms with E-state index in [0.29, 0.717) is 21.7 Å². The minimum Gasteiger partial charge on any atom is -0.462 e. The molecule has 2 aromatic rings. The van der Waals surface area contributed by atoms with Crippen LogP contribution in [-0.4, -0.2) is 24.6 Å². The quantitative estimate of drug-likeness (QED) is 0.647.